The predicted molar refractivity (Wildman–Crippen MR) is 83.3 cm³/mol. The second-order valence-corrected chi connectivity index (χ2v) is 3.90. The summed E-state index contributed by atoms with van der Waals surface area (Å²) >= 11 is 0. The summed E-state index contributed by atoms with van der Waals surface area (Å²) in [6, 6.07) is 14.9. The molecule has 0 aliphatic heterocycles. The van der Waals surface area contributed by atoms with E-state index >= 15 is 0 Å². The van der Waals surface area contributed by atoms with E-state index in [1.54, 1.807) is 48.5 Å². The van der Waals surface area contributed by atoms with Crippen molar-refractivity contribution < 1.29 is 35.3 Å². The van der Waals surface area contributed by atoms with Gasteiger partial charge in [0.25, 0.3) is 0 Å². The molecule has 0 unspecified atom stereocenters. The number of nitriles is 1. The molecule has 0 atom stereocenters. The van der Waals surface area contributed by atoms with Crippen molar-refractivity contribution in [2.45, 2.75) is 0 Å². The van der Waals surface area contributed by atoms with E-state index in [-0.39, 0.29) is 21.1 Å². The van der Waals surface area contributed by atoms with Gasteiger partial charge in [0.2, 0.25) is 0 Å². The zero-order valence-electron chi connectivity index (χ0n) is 12.4. The number of hydrogen-bond donors (Lipinski definition) is 0. The molecule has 2 aromatic rings. The molecule has 0 spiro atoms. The average Bonchev–Trinajstić information content (AvgIpc) is 2.58. The number of carbonyl (C=O) groups is 1. The maximum Gasteiger partial charge on any atom is 2.00 e. The summed E-state index contributed by atoms with van der Waals surface area (Å²) in [5.74, 6) is 0.581. The normalized spacial score (nSPS) is 8.52. The van der Waals surface area contributed by atoms with Gasteiger partial charge < -0.3 is 23.0 Å². The van der Waals surface area contributed by atoms with Crippen LogP contribution in [0.3, 0.4) is 0 Å². The molecule has 4 nitrogen and oxygen atoms in total. The van der Waals surface area contributed by atoms with Gasteiger partial charge >= 0.3 is 27.0 Å². The first kappa shape index (κ1) is 20.6. The first-order valence-electron chi connectivity index (χ1n) is 6.38. The van der Waals surface area contributed by atoms with Crippen LogP contribution in [0.4, 0.5) is 0 Å². The number of hydrogen-bond acceptors (Lipinski definition) is 4. The Labute approximate surface area is 150 Å². The molecule has 2 aromatic carbocycles. The standard InChI is InChI=1S/C16H12NO3.C2H3.W/c1-2-19-14-9-5-13(6-10-14)16(18)20-15-7-3-12(11-17)4-8-15;1-2;/h3-10H,1-2H2;1H,2H2;/q2*-1;+2. The Hall–Kier alpha value is -2.37. The van der Waals surface area contributed by atoms with Crippen LogP contribution >= 0.6 is 0 Å². The third-order valence-electron chi connectivity index (χ3n) is 2.55. The van der Waals surface area contributed by atoms with Gasteiger partial charge in [-0.3, -0.25) is 6.58 Å². The van der Waals surface area contributed by atoms with Crippen LogP contribution in [0.1, 0.15) is 15.9 Å². The van der Waals surface area contributed by atoms with Gasteiger partial charge in [-0.25, -0.2) is 4.79 Å². The molecule has 0 N–H and O–H groups in total. The van der Waals surface area contributed by atoms with Crippen molar-refractivity contribution in [2.75, 3.05) is 6.61 Å². The van der Waals surface area contributed by atoms with Gasteiger partial charge in [0, 0.05) is 0 Å². The summed E-state index contributed by atoms with van der Waals surface area (Å²) in [7, 11) is 0. The van der Waals surface area contributed by atoms with Gasteiger partial charge in [0.1, 0.15) is 11.5 Å². The summed E-state index contributed by atoms with van der Waals surface area (Å²) in [6.45, 7) is 10.9. The number of esters is 1. The number of benzene rings is 2. The van der Waals surface area contributed by atoms with Crippen molar-refractivity contribution in [3.05, 3.63) is 79.7 Å². The largest absolute Gasteiger partial charge is 2.00 e. The minimum absolute atomic E-state index is 0. The van der Waals surface area contributed by atoms with Crippen LogP contribution in [-0.2, 0) is 21.1 Å². The van der Waals surface area contributed by atoms with E-state index in [1.165, 1.54) is 0 Å². The van der Waals surface area contributed by atoms with Crippen molar-refractivity contribution in [1.82, 2.24) is 0 Å². The molecule has 0 aliphatic carbocycles. The maximum atomic E-state index is 11.9. The third-order valence-corrected chi connectivity index (χ3v) is 2.55. The monoisotopic (exact) mass is 477 g/mol. The SMILES string of the molecule is [CH-]=C.[CH2-]COc1ccc(C(=O)Oc2ccc(C#N)cc2)cc1.[W+2]. The summed E-state index contributed by atoms with van der Waals surface area (Å²) in [5.41, 5.74) is 0.935. The number of nitrogens with zero attached hydrogens (tertiary/aromatic N) is 1. The summed E-state index contributed by atoms with van der Waals surface area (Å²) in [5, 5.41) is 8.68. The Morgan fingerprint density at radius 2 is 1.61 bits per heavy atom. The van der Waals surface area contributed by atoms with Gasteiger partial charge in [-0.05, 0) is 55.1 Å². The second-order valence-electron chi connectivity index (χ2n) is 3.90. The van der Waals surface area contributed by atoms with Crippen molar-refractivity contribution >= 4 is 5.97 Å². The van der Waals surface area contributed by atoms with Crippen LogP contribution in [0.5, 0.6) is 11.5 Å². The van der Waals surface area contributed by atoms with Gasteiger partial charge in [0.15, 0.2) is 0 Å². The van der Waals surface area contributed by atoms with E-state index in [4.69, 9.17) is 14.7 Å². The van der Waals surface area contributed by atoms with Crippen LogP contribution < -0.4 is 9.47 Å². The van der Waals surface area contributed by atoms with Gasteiger partial charge in [-0.2, -0.15) is 5.26 Å². The molecule has 0 saturated carbocycles. The van der Waals surface area contributed by atoms with E-state index in [1.807, 2.05) is 6.07 Å². The number of rotatable bonds is 4. The topological polar surface area (TPSA) is 59.3 Å². The van der Waals surface area contributed by atoms with Gasteiger partial charge in [-0.1, -0.05) is 0 Å². The van der Waals surface area contributed by atoms with Crippen molar-refractivity contribution in [3.63, 3.8) is 0 Å². The fourth-order valence-electron chi connectivity index (χ4n) is 1.57. The van der Waals surface area contributed by atoms with E-state index in [2.05, 4.69) is 20.1 Å². The molecule has 0 saturated heterocycles. The van der Waals surface area contributed by atoms with Gasteiger partial charge in [-0.15, -0.1) is 0 Å². The Morgan fingerprint density at radius 1 is 1.09 bits per heavy atom. The molecule has 2 rings (SSSR count). The van der Waals surface area contributed by atoms with Crippen LogP contribution in [0.15, 0.2) is 55.1 Å². The molecule has 23 heavy (non-hydrogen) atoms. The predicted octanol–water partition coefficient (Wildman–Crippen LogP) is 3.59. The van der Waals surface area contributed by atoms with Crippen LogP contribution in [0.25, 0.3) is 0 Å². The molecule has 0 aromatic heterocycles. The molecule has 0 amide bonds. The van der Waals surface area contributed by atoms with Gasteiger partial charge in [0.05, 0.1) is 17.2 Å². The number of ether oxygens (including phenoxy) is 2. The zero-order chi connectivity index (χ0) is 16.4. The zero-order valence-corrected chi connectivity index (χ0v) is 15.3. The quantitative estimate of drug-likeness (QED) is 0.384. The molecule has 0 fully saturated rings. The van der Waals surface area contributed by atoms with E-state index < -0.39 is 5.97 Å². The molecular weight excluding hydrogens is 462 g/mol. The summed E-state index contributed by atoms with van der Waals surface area (Å²) in [4.78, 5) is 11.9. The third kappa shape index (κ3) is 6.50. The van der Waals surface area contributed by atoms with Crippen molar-refractivity contribution in [1.29, 1.82) is 5.26 Å². The van der Waals surface area contributed by atoms with E-state index in [9.17, 15) is 4.79 Å². The Morgan fingerprint density at radius 3 is 2.09 bits per heavy atom. The Balaban J connectivity index is 0.00000155. The average molecular weight is 477 g/mol. The smallest absolute Gasteiger partial charge is 0.525 e. The van der Waals surface area contributed by atoms with Crippen LogP contribution in [-0.4, -0.2) is 12.6 Å². The van der Waals surface area contributed by atoms with Crippen molar-refractivity contribution in [3.8, 4) is 17.6 Å². The van der Waals surface area contributed by atoms with Crippen LogP contribution in [0, 0.1) is 24.8 Å². The minimum Gasteiger partial charge on any atom is -0.525 e. The molecular formula is C18H15NO3W. The Kier molecular flexibility index (Phi) is 10.1. The summed E-state index contributed by atoms with van der Waals surface area (Å²) in [6.07, 6.45) is 0. The molecule has 0 bridgehead atoms. The fourth-order valence-corrected chi connectivity index (χ4v) is 1.57. The van der Waals surface area contributed by atoms with Crippen molar-refractivity contribution in [2.24, 2.45) is 0 Å². The molecule has 5 heteroatoms. The second kappa shape index (κ2) is 11.2. The molecule has 0 heterocycles. The van der Waals surface area contributed by atoms with Crippen LogP contribution in [0.2, 0.25) is 0 Å². The summed E-state index contributed by atoms with van der Waals surface area (Å²) < 4.78 is 10.4. The fraction of sp³-hybridized carbons (Fsp3) is 0.0556. The first-order valence-corrected chi connectivity index (χ1v) is 6.38. The molecule has 0 radical (unpaired) electrons. The maximum absolute atomic E-state index is 11.9. The Bertz CT molecular complexity index is 645. The molecule has 0 aliphatic rings. The molecule has 116 valence electrons. The first-order chi connectivity index (χ1) is 10.7. The van der Waals surface area contributed by atoms with E-state index in [0.29, 0.717) is 29.2 Å². The minimum atomic E-state index is -0.462. The van der Waals surface area contributed by atoms with E-state index in [0.717, 1.165) is 0 Å². The number of carbonyl (C=O) groups excluding carboxylic acids is 1.